The Bertz CT molecular complexity index is 745. The SMILES string of the molecule is CS(=O)(=O)Nc1ccccc1NCc1cc(C#N)cs1. The lowest BCUT2D eigenvalue weighted by molar-refractivity contribution is 0.607. The van der Waals surface area contributed by atoms with E-state index >= 15 is 0 Å². The molecule has 0 radical (unpaired) electrons. The number of nitrogens with zero attached hydrogens (tertiary/aromatic N) is 1. The van der Waals surface area contributed by atoms with E-state index in [1.807, 2.05) is 12.1 Å². The standard InChI is InChI=1S/C13H13N3O2S2/c1-20(17,18)16-13-5-3-2-4-12(13)15-8-11-6-10(7-14)9-19-11/h2-6,9,15-16H,8H2,1H3. The normalized spacial score (nSPS) is 10.8. The Hall–Kier alpha value is -2.04. The van der Waals surface area contributed by atoms with Crippen molar-refractivity contribution in [3.8, 4) is 6.07 Å². The first-order valence-corrected chi connectivity index (χ1v) is 8.53. The molecule has 0 saturated carbocycles. The first kappa shape index (κ1) is 14.4. The maximum absolute atomic E-state index is 11.3. The summed E-state index contributed by atoms with van der Waals surface area (Å²) in [6.45, 7) is 0.537. The number of thiophene rings is 1. The molecule has 5 nitrogen and oxygen atoms in total. The van der Waals surface area contributed by atoms with Crippen LogP contribution in [0.15, 0.2) is 35.7 Å². The van der Waals surface area contributed by atoms with E-state index in [-0.39, 0.29) is 0 Å². The van der Waals surface area contributed by atoms with Gasteiger partial charge < -0.3 is 5.32 Å². The summed E-state index contributed by atoms with van der Waals surface area (Å²) in [6.07, 6.45) is 1.11. The van der Waals surface area contributed by atoms with Gasteiger partial charge in [0, 0.05) is 16.8 Å². The average Bonchev–Trinajstić information content (AvgIpc) is 2.84. The van der Waals surface area contributed by atoms with Gasteiger partial charge in [-0.15, -0.1) is 11.3 Å². The van der Waals surface area contributed by atoms with Gasteiger partial charge in [-0.3, -0.25) is 4.72 Å². The Morgan fingerprint density at radius 1 is 1.30 bits per heavy atom. The third-order valence-corrected chi connectivity index (χ3v) is 3.99. The lowest BCUT2D eigenvalue weighted by Gasteiger charge is -2.11. The molecule has 1 aromatic carbocycles. The smallest absolute Gasteiger partial charge is 0.229 e. The van der Waals surface area contributed by atoms with Crippen molar-refractivity contribution in [1.82, 2.24) is 0 Å². The molecule has 0 atom stereocenters. The van der Waals surface area contributed by atoms with Crippen molar-refractivity contribution >= 4 is 32.7 Å². The number of para-hydroxylation sites is 2. The summed E-state index contributed by atoms with van der Waals surface area (Å²) >= 11 is 1.49. The molecule has 1 aromatic heterocycles. The monoisotopic (exact) mass is 307 g/mol. The summed E-state index contributed by atoms with van der Waals surface area (Å²) in [6, 6.07) is 11.0. The Labute approximate surface area is 121 Å². The molecule has 0 bridgehead atoms. The highest BCUT2D eigenvalue weighted by atomic mass is 32.2. The highest BCUT2D eigenvalue weighted by Crippen LogP contribution is 2.23. The van der Waals surface area contributed by atoms with Gasteiger partial charge in [0.15, 0.2) is 0 Å². The lowest BCUT2D eigenvalue weighted by Crippen LogP contribution is -2.11. The third kappa shape index (κ3) is 3.98. The van der Waals surface area contributed by atoms with Crippen LogP contribution in [0, 0.1) is 11.3 Å². The molecule has 2 aromatic rings. The number of benzene rings is 1. The van der Waals surface area contributed by atoms with Crippen molar-refractivity contribution in [2.45, 2.75) is 6.54 Å². The van der Waals surface area contributed by atoms with Crippen LogP contribution in [0.4, 0.5) is 11.4 Å². The summed E-state index contributed by atoms with van der Waals surface area (Å²) in [7, 11) is -3.31. The second kappa shape index (κ2) is 5.94. The fourth-order valence-electron chi connectivity index (χ4n) is 1.64. The predicted octanol–water partition coefficient (Wildman–Crippen LogP) is 2.60. The van der Waals surface area contributed by atoms with Crippen LogP contribution in [0.1, 0.15) is 10.4 Å². The zero-order chi connectivity index (χ0) is 14.6. The minimum atomic E-state index is -3.31. The van der Waals surface area contributed by atoms with Crippen LogP contribution >= 0.6 is 11.3 Å². The van der Waals surface area contributed by atoms with Crippen LogP contribution in [0.3, 0.4) is 0 Å². The molecule has 0 fully saturated rings. The van der Waals surface area contributed by atoms with Gasteiger partial charge in [0.1, 0.15) is 6.07 Å². The van der Waals surface area contributed by atoms with Gasteiger partial charge in [0.25, 0.3) is 0 Å². The maximum Gasteiger partial charge on any atom is 0.229 e. The lowest BCUT2D eigenvalue weighted by atomic mass is 10.2. The molecule has 104 valence electrons. The number of rotatable bonds is 5. The van der Waals surface area contributed by atoms with E-state index in [4.69, 9.17) is 5.26 Å². The molecule has 0 aliphatic rings. The molecule has 20 heavy (non-hydrogen) atoms. The Morgan fingerprint density at radius 2 is 2.00 bits per heavy atom. The molecular formula is C13H13N3O2S2. The molecule has 0 amide bonds. The van der Waals surface area contributed by atoms with Gasteiger partial charge in [-0.1, -0.05) is 12.1 Å². The van der Waals surface area contributed by atoms with E-state index in [0.29, 0.717) is 23.5 Å². The number of anilines is 2. The van der Waals surface area contributed by atoms with Crippen molar-refractivity contribution in [1.29, 1.82) is 5.26 Å². The average molecular weight is 307 g/mol. The van der Waals surface area contributed by atoms with Gasteiger partial charge >= 0.3 is 0 Å². The first-order valence-electron chi connectivity index (χ1n) is 5.76. The molecule has 2 N–H and O–H groups in total. The third-order valence-electron chi connectivity index (χ3n) is 2.46. The molecule has 0 saturated heterocycles. The van der Waals surface area contributed by atoms with Crippen molar-refractivity contribution < 1.29 is 8.42 Å². The van der Waals surface area contributed by atoms with E-state index in [1.54, 1.807) is 23.6 Å². The van der Waals surface area contributed by atoms with Crippen LogP contribution in [-0.4, -0.2) is 14.7 Å². The van der Waals surface area contributed by atoms with E-state index in [9.17, 15) is 8.42 Å². The summed E-state index contributed by atoms with van der Waals surface area (Å²) in [5.41, 5.74) is 1.84. The number of nitrogens with one attached hydrogen (secondary N) is 2. The van der Waals surface area contributed by atoms with Gasteiger partial charge in [-0.2, -0.15) is 5.26 Å². The maximum atomic E-state index is 11.3. The summed E-state index contributed by atoms with van der Waals surface area (Å²) in [5.74, 6) is 0. The summed E-state index contributed by atoms with van der Waals surface area (Å²) in [4.78, 5) is 1.01. The Kier molecular flexibility index (Phi) is 4.27. The fraction of sp³-hybridized carbons (Fsp3) is 0.154. The van der Waals surface area contributed by atoms with Crippen LogP contribution in [0.2, 0.25) is 0 Å². The molecule has 0 aliphatic heterocycles. The number of hydrogen-bond acceptors (Lipinski definition) is 5. The zero-order valence-electron chi connectivity index (χ0n) is 10.8. The first-order chi connectivity index (χ1) is 9.48. The molecule has 2 rings (SSSR count). The van der Waals surface area contributed by atoms with Crippen LogP contribution in [0.5, 0.6) is 0 Å². The van der Waals surface area contributed by atoms with Crippen LogP contribution < -0.4 is 10.0 Å². The van der Waals surface area contributed by atoms with Crippen molar-refractivity contribution in [2.24, 2.45) is 0 Å². The van der Waals surface area contributed by atoms with E-state index < -0.39 is 10.0 Å². The summed E-state index contributed by atoms with van der Waals surface area (Å²) < 4.78 is 25.1. The van der Waals surface area contributed by atoms with E-state index in [0.717, 1.165) is 11.1 Å². The number of sulfonamides is 1. The second-order valence-corrected chi connectivity index (χ2v) is 6.93. The topological polar surface area (TPSA) is 82.0 Å². The minimum absolute atomic E-state index is 0.507. The predicted molar refractivity (Wildman–Crippen MR) is 81.3 cm³/mol. The van der Waals surface area contributed by atoms with Crippen LogP contribution in [-0.2, 0) is 16.6 Å². The van der Waals surface area contributed by atoms with E-state index in [2.05, 4.69) is 16.1 Å². The van der Waals surface area contributed by atoms with Crippen molar-refractivity contribution in [2.75, 3.05) is 16.3 Å². The quantitative estimate of drug-likeness (QED) is 0.889. The Balaban J connectivity index is 2.11. The van der Waals surface area contributed by atoms with E-state index in [1.165, 1.54) is 11.3 Å². The highest BCUT2D eigenvalue weighted by Gasteiger charge is 2.07. The van der Waals surface area contributed by atoms with Crippen LogP contribution in [0.25, 0.3) is 0 Å². The molecule has 7 heteroatoms. The summed E-state index contributed by atoms with van der Waals surface area (Å²) in [5, 5.41) is 13.7. The highest BCUT2D eigenvalue weighted by molar-refractivity contribution is 7.92. The minimum Gasteiger partial charge on any atom is -0.378 e. The Morgan fingerprint density at radius 3 is 2.60 bits per heavy atom. The molecule has 0 unspecified atom stereocenters. The number of nitriles is 1. The van der Waals surface area contributed by atoms with Crippen molar-refractivity contribution in [3.63, 3.8) is 0 Å². The number of hydrogen-bond donors (Lipinski definition) is 2. The molecule has 0 spiro atoms. The van der Waals surface area contributed by atoms with Gasteiger partial charge in [0.2, 0.25) is 10.0 Å². The second-order valence-electron chi connectivity index (χ2n) is 4.19. The molecule has 1 heterocycles. The van der Waals surface area contributed by atoms with Gasteiger partial charge in [0.05, 0.1) is 23.2 Å². The van der Waals surface area contributed by atoms with Crippen molar-refractivity contribution in [3.05, 3.63) is 46.2 Å². The fourth-order valence-corrected chi connectivity index (χ4v) is 2.97. The molecule has 0 aliphatic carbocycles. The zero-order valence-corrected chi connectivity index (χ0v) is 12.4. The van der Waals surface area contributed by atoms with Gasteiger partial charge in [-0.25, -0.2) is 8.42 Å². The largest absolute Gasteiger partial charge is 0.378 e. The molecular weight excluding hydrogens is 294 g/mol. The van der Waals surface area contributed by atoms with Gasteiger partial charge in [-0.05, 0) is 18.2 Å².